The minimum Gasteiger partial charge on any atom is -0.207 e. The summed E-state index contributed by atoms with van der Waals surface area (Å²) in [6.07, 6.45) is 9.88. The lowest BCUT2D eigenvalue weighted by Crippen LogP contribution is -2.12. The van der Waals surface area contributed by atoms with Crippen LogP contribution in [0.4, 0.5) is 4.39 Å². The second-order valence-electron chi connectivity index (χ2n) is 8.08. The fraction of sp³-hybridized carbons (Fsp3) is 0.500. The first-order chi connectivity index (χ1) is 12.1. The van der Waals surface area contributed by atoms with E-state index in [0.717, 1.165) is 35.8 Å². The molecule has 0 bridgehead atoms. The standard InChI is InChI=1S/C24H31F/c1-18-3-6-20(7-4-18)8-9-21-10-12-22(13-11-21)14-16-23-15-5-19(2)17-24(23)25/h5,10-13,15,17-18,20H,3-4,6-9,14,16H2,1-2H3. The number of hydrogen-bond donors (Lipinski definition) is 0. The highest BCUT2D eigenvalue weighted by Crippen LogP contribution is 2.31. The fourth-order valence-corrected chi connectivity index (χ4v) is 4.00. The highest BCUT2D eigenvalue weighted by atomic mass is 19.1. The highest BCUT2D eigenvalue weighted by Gasteiger charge is 2.17. The topological polar surface area (TPSA) is 0 Å². The van der Waals surface area contributed by atoms with Crippen molar-refractivity contribution in [3.8, 4) is 0 Å². The smallest absolute Gasteiger partial charge is 0.126 e. The molecule has 0 amide bonds. The highest BCUT2D eigenvalue weighted by molar-refractivity contribution is 5.27. The molecule has 0 spiro atoms. The van der Waals surface area contributed by atoms with Gasteiger partial charge in [-0.2, -0.15) is 0 Å². The van der Waals surface area contributed by atoms with E-state index < -0.39 is 0 Å². The Balaban J connectivity index is 1.47. The van der Waals surface area contributed by atoms with Crippen LogP contribution in [-0.2, 0) is 19.3 Å². The predicted molar refractivity (Wildman–Crippen MR) is 104 cm³/mol. The van der Waals surface area contributed by atoms with E-state index in [1.54, 1.807) is 6.07 Å². The van der Waals surface area contributed by atoms with Gasteiger partial charge in [-0.3, -0.25) is 0 Å². The van der Waals surface area contributed by atoms with Crippen LogP contribution in [0.1, 0.15) is 61.3 Å². The third kappa shape index (κ3) is 5.42. The van der Waals surface area contributed by atoms with E-state index >= 15 is 0 Å². The minimum absolute atomic E-state index is 0.0709. The van der Waals surface area contributed by atoms with Gasteiger partial charge in [0.15, 0.2) is 0 Å². The van der Waals surface area contributed by atoms with Crippen LogP contribution in [0.25, 0.3) is 0 Å². The van der Waals surface area contributed by atoms with Gasteiger partial charge < -0.3 is 0 Å². The second-order valence-corrected chi connectivity index (χ2v) is 8.08. The second kappa shape index (κ2) is 8.65. The van der Waals surface area contributed by atoms with Crippen molar-refractivity contribution >= 4 is 0 Å². The molecule has 0 unspecified atom stereocenters. The number of halogens is 1. The van der Waals surface area contributed by atoms with Crippen LogP contribution in [-0.4, -0.2) is 0 Å². The van der Waals surface area contributed by atoms with Gasteiger partial charge in [-0.1, -0.05) is 69.0 Å². The minimum atomic E-state index is -0.0709. The van der Waals surface area contributed by atoms with Crippen LogP contribution in [0.5, 0.6) is 0 Å². The molecule has 0 heterocycles. The Morgan fingerprint density at radius 1 is 0.840 bits per heavy atom. The SMILES string of the molecule is Cc1ccc(CCc2ccc(CCC3CCC(C)CC3)cc2)c(F)c1. The maximum absolute atomic E-state index is 13.9. The molecule has 2 aromatic rings. The van der Waals surface area contributed by atoms with E-state index in [1.807, 2.05) is 19.1 Å². The molecule has 0 radical (unpaired) electrons. The quantitative estimate of drug-likeness (QED) is 0.551. The van der Waals surface area contributed by atoms with Crippen molar-refractivity contribution in [3.05, 3.63) is 70.5 Å². The number of hydrogen-bond acceptors (Lipinski definition) is 0. The van der Waals surface area contributed by atoms with Crippen LogP contribution in [0.15, 0.2) is 42.5 Å². The van der Waals surface area contributed by atoms with E-state index in [-0.39, 0.29) is 5.82 Å². The molecular weight excluding hydrogens is 307 g/mol. The summed E-state index contributed by atoms with van der Waals surface area (Å²) in [7, 11) is 0. The third-order valence-corrected chi connectivity index (χ3v) is 5.89. The zero-order valence-electron chi connectivity index (χ0n) is 15.7. The summed E-state index contributed by atoms with van der Waals surface area (Å²) in [5.41, 5.74) is 4.55. The molecule has 1 fully saturated rings. The molecular formula is C24H31F. The van der Waals surface area contributed by atoms with E-state index in [9.17, 15) is 4.39 Å². The fourth-order valence-electron chi connectivity index (χ4n) is 4.00. The Labute approximate surface area is 152 Å². The normalized spacial score (nSPS) is 20.6. The number of rotatable bonds is 6. The summed E-state index contributed by atoms with van der Waals surface area (Å²) < 4.78 is 13.9. The van der Waals surface area contributed by atoms with Gasteiger partial charge in [0, 0.05) is 0 Å². The van der Waals surface area contributed by atoms with E-state index in [0.29, 0.717) is 0 Å². The Morgan fingerprint density at radius 2 is 1.48 bits per heavy atom. The first-order valence-electron chi connectivity index (χ1n) is 9.93. The summed E-state index contributed by atoms with van der Waals surface area (Å²) in [5.74, 6) is 1.80. The van der Waals surface area contributed by atoms with Crippen LogP contribution in [0.2, 0.25) is 0 Å². The molecule has 0 N–H and O–H groups in total. The maximum Gasteiger partial charge on any atom is 0.126 e. The van der Waals surface area contributed by atoms with Gasteiger partial charge in [0.05, 0.1) is 0 Å². The molecule has 3 rings (SSSR count). The van der Waals surface area contributed by atoms with Crippen molar-refractivity contribution in [3.63, 3.8) is 0 Å². The van der Waals surface area contributed by atoms with Crippen LogP contribution in [0, 0.1) is 24.6 Å². The largest absolute Gasteiger partial charge is 0.207 e. The van der Waals surface area contributed by atoms with E-state index in [4.69, 9.17) is 0 Å². The zero-order valence-corrected chi connectivity index (χ0v) is 15.7. The predicted octanol–water partition coefficient (Wildman–Crippen LogP) is 6.68. The van der Waals surface area contributed by atoms with E-state index in [2.05, 4.69) is 31.2 Å². The molecule has 2 aromatic carbocycles. The molecule has 0 aromatic heterocycles. The Kier molecular flexibility index (Phi) is 6.29. The lowest BCUT2D eigenvalue weighted by Gasteiger charge is -2.26. The molecule has 25 heavy (non-hydrogen) atoms. The van der Waals surface area contributed by atoms with Crippen molar-refractivity contribution in [2.45, 2.75) is 65.2 Å². The van der Waals surface area contributed by atoms with Crippen LogP contribution in [0.3, 0.4) is 0 Å². The van der Waals surface area contributed by atoms with Crippen molar-refractivity contribution in [1.29, 1.82) is 0 Å². The Hall–Kier alpha value is -1.63. The summed E-state index contributed by atoms with van der Waals surface area (Å²) in [5, 5.41) is 0. The van der Waals surface area contributed by atoms with Crippen molar-refractivity contribution in [1.82, 2.24) is 0 Å². The van der Waals surface area contributed by atoms with Crippen molar-refractivity contribution in [2.24, 2.45) is 11.8 Å². The Morgan fingerprint density at radius 3 is 2.12 bits per heavy atom. The van der Waals surface area contributed by atoms with Crippen molar-refractivity contribution < 1.29 is 4.39 Å². The van der Waals surface area contributed by atoms with Gasteiger partial charge in [-0.25, -0.2) is 4.39 Å². The molecule has 0 aliphatic heterocycles. The third-order valence-electron chi connectivity index (χ3n) is 5.89. The van der Waals surface area contributed by atoms with Gasteiger partial charge in [0.25, 0.3) is 0 Å². The maximum atomic E-state index is 13.9. The molecule has 0 saturated heterocycles. The first kappa shape index (κ1) is 18.2. The molecule has 1 heteroatoms. The first-order valence-corrected chi connectivity index (χ1v) is 9.93. The lowest BCUT2D eigenvalue weighted by atomic mass is 9.80. The van der Waals surface area contributed by atoms with Crippen LogP contribution >= 0.6 is 0 Å². The molecule has 0 atom stereocenters. The Bertz CT molecular complexity index is 663. The zero-order chi connectivity index (χ0) is 17.6. The molecule has 0 nitrogen and oxygen atoms in total. The number of benzene rings is 2. The summed E-state index contributed by atoms with van der Waals surface area (Å²) in [6, 6.07) is 14.5. The summed E-state index contributed by atoms with van der Waals surface area (Å²) >= 11 is 0. The average Bonchev–Trinajstić information content (AvgIpc) is 2.61. The van der Waals surface area contributed by atoms with Gasteiger partial charge in [0.2, 0.25) is 0 Å². The molecule has 1 aliphatic carbocycles. The van der Waals surface area contributed by atoms with Gasteiger partial charge in [-0.05, 0) is 72.8 Å². The van der Waals surface area contributed by atoms with Crippen LogP contribution < -0.4 is 0 Å². The average molecular weight is 339 g/mol. The van der Waals surface area contributed by atoms with Gasteiger partial charge in [-0.15, -0.1) is 0 Å². The van der Waals surface area contributed by atoms with Crippen molar-refractivity contribution in [2.75, 3.05) is 0 Å². The monoisotopic (exact) mass is 338 g/mol. The van der Waals surface area contributed by atoms with Gasteiger partial charge in [0.1, 0.15) is 5.82 Å². The molecule has 1 aliphatic rings. The summed E-state index contributed by atoms with van der Waals surface area (Å²) in [4.78, 5) is 0. The molecule has 1 saturated carbocycles. The number of aryl methyl sites for hydroxylation is 4. The van der Waals surface area contributed by atoms with Gasteiger partial charge >= 0.3 is 0 Å². The summed E-state index contributed by atoms with van der Waals surface area (Å²) in [6.45, 7) is 4.32. The lowest BCUT2D eigenvalue weighted by molar-refractivity contribution is 0.278. The van der Waals surface area contributed by atoms with E-state index in [1.165, 1.54) is 49.7 Å². The molecule has 134 valence electrons.